The number of esters is 1. The number of thiophene rings is 1. The third-order valence-corrected chi connectivity index (χ3v) is 7.32. The van der Waals surface area contributed by atoms with Crippen molar-refractivity contribution in [3.05, 3.63) is 50.6 Å². The standard InChI is InChI=1S/C25H30N4O4S/c1-14(2)33-24(32)15-7-6-8-17(11-15)26-20(30)13-29-23(31)21-18-10-9-16(25(3,4)5)12-19(18)34-22(21)27-28-29/h6-8,11,14,16H,9-10,12-13H2,1-5H3,(H,26,30)/t16-/m0/s1. The van der Waals surface area contributed by atoms with E-state index in [0.717, 1.165) is 29.5 Å². The molecule has 0 bridgehead atoms. The van der Waals surface area contributed by atoms with Crippen LogP contribution in [-0.2, 0) is 28.9 Å². The predicted molar refractivity (Wildman–Crippen MR) is 132 cm³/mol. The summed E-state index contributed by atoms with van der Waals surface area (Å²) in [7, 11) is 0. The van der Waals surface area contributed by atoms with Crippen LogP contribution in [0.2, 0.25) is 0 Å². The first-order chi connectivity index (χ1) is 16.0. The van der Waals surface area contributed by atoms with Crippen molar-refractivity contribution >= 4 is 39.1 Å². The lowest BCUT2D eigenvalue weighted by molar-refractivity contribution is -0.117. The van der Waals surface area contributed by atoms with E-state index in [1.165, 1.54) is 4.88 Å². The van der Waals surface area contributed by atoms with Crippen LogP contribution in [0.15, 0.2) is 29.1 Å². The molecule has 0 spiro atoms. The maximum absolute atomic E-state index is 13.2. The van der Waals surface area contributed by atoms with E-state index in [2.05, 4.69) is 36.4 Å². The fraction of sp³-hybridized carbons (Fsp3) is 0.480. The lowest BCUT2D eigenvalue weighted by Gasteiger charge is -2.33. The molecule has 3 aromatic rings. The molecule has 1 aliphatic carbocycles. The molecule has 4 rings (SSSR count). The molecule has 9 heteroatoms. The summed E-state index contributed by atoms with van der Waals surface area (Å²) in [5.74, 6) is -0.334. The van der Waals surface area contributed by atoms with E-state index < -0.39 is 11.9 Å². The van der Waals surface area contributed by atoms with E-state index in [4.69, 9.17) is 4.74 Å². The second kappa shape index (κ2) is 9.29. The van der Waals surface area contributed by atoms with Gasteiger partial charge in [0.25, 0.3) is 5.56 Å². The SMILES string of the molecule is CC(C)OC(=O)c1cccc(NC(=O)Cn2nnc3sc4c(c3c2=O)CC[C@H](C(C)(C)C)C4)c1. The van der Waals surface area contributed by atoms with Gasteiger partial charge in [0.15, 0.2) is 4.83 Å². The van der Waals surface area contributed by atoms with Gasteiger partial charge in [-0.3, -0.25) is 9.59 Å². The first-order valence-corrected chi connectivity index (χ1v) is 12.3. The molecule has 0 radical (unpaired) electrons. The fourth-order valence-electron chi connectivity index (χ4n) is 4.31. The molecule has 1 N–H and O–H groups in total. The van der Waals surface area contributed by atoms with E-state index in [1.54, 1.807) is 49.4 Å². The summed E-state index contributed by atoms with van der Waals surface area (Å²) in [6, 6.07) is 6.49. The van der Waals surface area contributed by atoms with Gasteiger partial charge in [-0.15, -0.1) is 16.4 Å². The number of nitrogens with zero attached hydrogens (tertiary/aromatic N) is 3. The average Bonchev–Trinajstić information content (AvgIpc) is 3.13. The monoisotopic (exact) mass is 482 g/mol. The number of hydrogen-bond acceptors (Lipinski definition) is 7. The maximum Gasteiger partial charge on any atom is 0.338 e. The van der Waals surface area contributed by atoms with Gasteiger partial charge in [0, 0.05) is 10.6 Å². The van der Waals surface area contributed by atoms with E-state index in [9.17, 15) is 14.4 Å². The number of amides is 1. The summed E-state index contributed by atoms with van der Waals surface area (Å²) in [5.41, 5.74) is 1.75. The first kappa shape index (κ1) is 24.1. The van der Waals surface area contributed by atoms with Crippen molar-refractivity contribution in [3.8, 4) is 0 Å². The van der Waals surface area contributed by atoms with Crippen LogP contribution in [0.3, 0.4) is 0 Å². The highest BCUT2D eigenvalue weighted by Crippen LogP contribution is 2.41. The molecule has 34 heavy (non-hydrogen) atoms. The molecule has 0 unspecified atom stereocenters. The largest absolute Gasteiger partial charge is 0.459 e. The number of nitrogens with one attached hydrogen (secondary N) is 1. The van der Waals surface area contributed by atoms with E-state index in [1.807, 2.05) is 0 Å². The number of ether oxygens (including phenoxy) is 1. The molecule has 0 saturated heterocycles. The Morgan fingerprint density at radius 3 is 2.76 bits per heavy atom. The van der Waals surface area contributed by atoms with Gasteiger partial charge in [-0.25, -0.2) is 9.48 Å². The smallest absolute Gasteiger partial charge is 0.338 e. The predicted octanol–water partition coefficient (Wildman–Crippen LogP) is 4.21. The van der Waals surface area contributed by atoms with Crippen LogP contribution in [0.25, 0.3) is 10.2 Å². The summed E-state index contributed by atoms with van der Waals surface area (Å²) < 4.78 is 6.31. The quantitative estimate of drug-likeness (QED) is 0.547. The molecule has 0 aliphatic heterocycles. The van der Waals surface area contributed by atoms with Crippen molar-refractivity contribution in [1.82, 2.24) is 15.0 Å². The molecule has 1 atom stereocenters. The molecule has 8 nitrogen and oxygen atoms in total. The number of carbonyl (C=O) groups excluding carboxylic acids is 2. The number of hydrogen-bond donors (Lipinski definition) is 1. The first-order valence-electron chi connectivity index (χ1n) is 11.5. The van der Waals surface area contributed by atoms with Crippen molar-refractivity contribution in [1.29, 1.82) is 0 Å². The van der Waals surface area contributed by atoms with Crippen LogP contribution >= 0.6 is 11.3 Å². The molecule has 0 saturated carbocycles. The van der Waals surface area contributed by atoms with E-state index >= 15 is 0 Å². The topological polar surface area (TPSA) is 103 Å². The lowest BCUT2D eigenvalue weighted by Crippen LogP contribution is -2.31. The van der Waals surface area contributed by atoms with Crippen molar-refractivity contribution < 1.29 is 14.3 Å². The van der Waals surface area contributed by atoms with E-state index in [0.29, 0.717) is 27.4 Å². The molecule has 1 amide bonds. The molecule has 1 aliphatic rings. The Morgan fingerprint density at radius 2 is 2.06 bits per heavy atom. The zero-order chi connectivity index (χ0) is 24.6. The van der Waals surface area contributed by atoms with Crippen LogP contribution in [0.5, 0.6) is 0 Å². The molecule has 1 aromatic carbocycles. The molecule has 0 fully saturated rings. The summed E-state index contributed by atoms with van der Waals surface area (Å²) in [6.07, 6.45) is 2.56. The number of fused-ring (bicyclic) bond motifs is 3. The van der Waals surface area contributed by atoms with Gasteiger partial charge in [0.2, 0.25) is 5.91 Å². The highest BCUT2D eigenvalue weighted by Gasteiger charge is 2.32. The third-order valence-electron chi connectivity index (χ3n) is 6.18. The van der Waals surface area contributed by atoms with Gasteiger partial charge < -0.3 is 10.1 Å². The highest BCUT2D eigenvalue weighted by atomic mass is 32.1. The Balaban J connectivity index is 1.52. The normalized spacial score (nSPS) is 15.9. The number of aryl methyl sites for hydroxylation is 1. The third kappa shape index (κ3) is 5.04. The van der Waals surface area contributed by atoms with Gasteiger partial charge in [-0.2, -0.15) is 0 Å². The number of aromatic nitrogens is 3. The van der Waals surface area contributed by atoms with Crippen LogP contribution in [0, 0.1) is 11.3 Å². The van der Waals surface area contributed by atoms with Gasteiger partial charge in [0.1, 0.15) is 6.54 Å². The number of rotatable bonds is 5. The Morgan fingerprint density at radius 1 is 1.29 bits per heavy atom. The minimum absolute atomic E-state index is 0.209. The summed E-state index contributed by atoms with van der Waals surface area (Å²) in [6.45, 7) is 10.0. The maximum atomic E-state index is 13.2. The second-order valence-corrected chi connectivity index (χ2v) is 11.2. The Bertz CT molecular complexity index is 1300. The van der Waals surface area contributed by atoms with Crippen molar-refractivity contribution in [2.45, 2.75) is 66.5 Å². The van der Waals surface area contributed by atoms with Crippen LogP contribution in [-0.4, -0.2) is 33.0 Å². The lowest BCUT2D eigenvalue weighted by atomic mass is 9.72. The van der Waals surface area contributed by atoms with Gasteiger partial charge in [-0.1, -0.05) is 32.1 Å². The number of anilines is 1. The van der Waals surface area contributed by atoms with Gasteiger partial charge in [0.05, 0.1) is 17.1 Å². The number of benzene rings is 1. The summed E-state index contributed by atoms with van der Waals surface area (Å²) >= 11 is 1.54. The van der Waals surface area contributed by atoms with Crippen molar-refractivity contribution in [3.63, 3.8) is 0 Å². The Labute approximate surface area is 202 Å². The number of carbonyl (C=O) groups is 2. The zero-order valence-electron chi connectivity index (χ0n) is 20.2. The summed E-state index contributed by atoms with van der Waals surface area (Å²) in [4.78, 5) is 39.8. The Hall–Kier alpha value is -3.07. The minimum Gasteiger partial charge on any atom is -0.459 e. The van der Waals surface area contributed by atoms with Crippen molar-refractivity contribution in [2.24, 2.45) is 11.3 Å². The van der Waals surface area contributed by atoms with Crippen molar-refractivity contribution in [2.75, 3.05) is 5.32 Å². The molecular weight excluding hydrogens is 452 g/mol. The minimum atomic E-state index is -0.463. The van der Waals surface area contributed by atoms with Gasteiger partial charge in [-0.05, 0) is 68.2 Å². The molecular formula is C25H30N4O4S. The highest BCUT2D eigenvalue weighted by molar-refractivity contribution is 7.18. The zero-order valence-corrected chi connectivity index (χ0v) is 21.0. The molecule has 2 heterocycles. The second-order valence-electron chi connectivity index (χ2n) is 10.1. The fourth-order valence-corrected chi connectivity index (χ4v) is 5.55. The van der Waals surface area contributed by atoms with Crippen LogP contribution in [0.1, 0.15) is 61.8 Å². The van der Waals surface area contributed by atoms with E-state index in [-0.39, 0.29) is 23.6 Å². The van der Waals surface area contributed by atoms with Crippen LogP contribution in [0.4, 0.5) is 5.69 Å². The molecule has 2 aromatic heterocycles. The van der Waals surface area contributed by atoms with Gasteiger partial charge >= 0.3 is 5.97 Å². The van der Waals surface area contributed by atoms with Crippen LogP contribution < -0.4 is 10.9 Å². The average molecular weight is 483 g/mol. The molecule has 180 valence electrons. The Kier molecular flexibility index (Phi) is 6.58. The summed E-state index contributed by atoms with van der Waals surface area (Å²) in [5, 5.41) is 11.6.